The van der Waals surface area contributed by atoms with Gasteiger partial charge in [-0.25, -0.2) is 0 Å². The lowest BCUT2D eigenvalue weighted by molar-refractivity contribution is 0.0746. The second kappa shape index (κ2) is 10.9. The highest BCUT2D eigenvalue weighted by Crippen LogP contribution is 2.27. The van der Waals surface area contributed by atoms with Crippen LogP contribution in [0.2, 0.25) is 0 Å². The Balaban J connectivity index is 1.38. The number of anilines is 2. The molecule has 2 amide bonds. The van der Waals surface area contributed by atoms with Gasteiger partial charge in [-0.1, -0.05) is 44.2 Å². The maximum absolute atomic E-state index is 12.9. The Kier molecular flexibility index (Phi) is 7.48. The van der Waals surface area contributed by atoms with Crippen molar-refractivity contribution in [1.29, 1.82) is 0 Å². The third-order valence-electron chi connectivity index (χ3n) is 5.78. The molecule has 3 aromatic carbocycles. The van der Waals surface area contributed by atoms with Gasteiger partial charge < -0.3 is 19.9 Å². The molecule has 0 saturated carbocycles. The van der Waals surface area contributed by atoms with E-state index in [1.54, 1.807) is 12.1 Å². The van der Waals surface area contributed by atoms with Crippen molar-refractivity contribution in [1.82, 2.24) is 4.90 Å². The molecule has 1 aliphatic rings. The van der Waals surface area contributed by atoms with Crippen LogP contribution in [0.5, 0.6) is 5.75 Å². The van der Waals surface area contributed by atoms with Crippen LogP contribution in [0, 0.1) is 5.92 Å². The Hall–Kier alpha value is -3.80. The quantitative estimate of drug-likeness (QED) is 0.546. The highest BCUT2D eigenvalue weighted by atomic mass is 16.5. The SMILES string of the molecule is CC(C)COc1ccc(C(=O)Nc2ccccc2N2CCN(C(=O)c3ccccc3)CC2)cc1. The minimum absolute atomic E-state index is 0.0580. The number of benzene rings is 3. The maximum atomic E-state index is 12.9. The van der Waals surface area contributed by atoms with Crippen molar-refractivity contribution in [3.63, 3.8) is 0 Å². The molecule has 34 heavy (non-hydrogen) atoms. The molecule has 0 unspecified atom stereocenters. The first kappa shape index (κ1) is 23.4. The summed E-state index contributed by atoms with van der Waals surface area (Å²) in [5.74, 6) is 1.09. The summed E-state index contributed by atoms with van der Waals surface area (Å²) in [5.41, 5.74) is 3.00. The van der Waals surface area contributed by atoms with Gasteiger partial charge in [0.25, 0.3) is 11.8 Å². The number of rotatable bonds is 7. The molecule has 0 radical (unpaired) electrons. The van der Waals surface area contributed by atoms with Crippen LogP contribution in [0.3, 0.4) is 0 Å². The standard InChI is InChI=1S/C28H31N3O3/c1-21(2)20-34-24-14-12-22(13-15-24)27(32)29-25-10-6-7-11-26(25)30-16-18-31(19-17-30)28(33)23-8-4-3-5-9-23/h3-15,21H,16-20H2,1-2H3,(H,29,32). The smallest absolute Gasteiger partial charge is 0.255 e. The van der Waals surface area contributed by atoms with Crippen LogP contribution in [0.15, 0.2) is 78.9 Å². The van der Waals surface area contributed by atoms with Gasteiger partial charge in [0.15, 0.2) is 0 Å². The van der Waals surface area contributed by atoms with E-state index in [-0.39, 0.29) is 11.8 Å². The summed E-state index contributed by atoms with van der Waals surface area (Å²) in [4.78, 5) is 29.8. The number of carbonyl (C=O) groups is 2. The van der Waals surface area contributed by atoms with Crippen LogP contribution in [0.4, 0.5) is 11.4 Å². The minimum atomic E-state index is -0.166. The summed E-state index contributed by atoms with van der Waals surface area (Å²) in [5, 5.41) is 3.05. The van der Waals surface area contributed by atoms with Gasteiger partial charge in [0, 0.05) is 37.3 Å². The first-order valence-electron chi connectivity index (χ1n) is 11.7. The summed E-state index contributed by atoms with van der Waals surface area (Å²) >= 11 is 0. The molecule has 0 atom stereocenters. The van der Waals surface area contributed by atoms with Crippen molar-refractivity contribution < 1.29 is 14.3 Å². The second-order valence-electron chi connectivity index (χ2n) is 8.85. The number of carbonyl (C=O) groups excluding carboxylic acids is 2. The van der Waals surface area contributed by atoms with Crippen molar-refractivity contribution in [3.05, 3.63) is 90.0 Å². The zero-order valence-corrected chi connectivity index (χ0v) is 19.7. The molecule has 6 nitrogen and oxygen atoms in total. The number of amides is 2. The summed E-state index contributed by atoms with van der Waals surface area (Å²) in [6, 6.07) is 24.4. The number of para-hydroxylation sites is 2. The van der Waals surface area contributed by atoms with E-state index in [9.17, 15) is 9.59 Å². The fraction of sp³-hybridized carbons (Fsp3) is 0.286. The predicted molar refractivity (Wildman–Crippen MR) is 136 cm³/mol. The highest BCUT2D eigenvalue weighted by molar-refractivity contribution is 6.06. The number of hydrogen-bond donors (Lipinski definition) is 1. The van der Waals surface area contributed by atoms with Crippen molar-refractivity contribution >= 4 is 23.2 Å². The molecule has 1 aliphatic heterocycles. The van der Waals surface area contributed by atoms with Gasteiger partial charge in [-0.15, -0.1) is 0 Å². The summed E-state index contributed by atoms with van der Waals surface area (Å²) in [6.07, 6.45) is 0. The maximum Gasteiger partial charge on any atom is 0.255 e. The molecule has 1 fully saturated rings. The van der Waals surface area contributed by atoms with E-state index in [1.807, 2.05) is 71.6 Å². The van der Waals surface area contributed by atoms with Gasteiger partial charge in [0.1, 0.15) is 5.75 Å². The number of ether oxygens (including phenoxy) is 1. The van der Waals surface area contributed by atoms with Crippen LogP contribution < -0.4 is 15.0 Å². The fourth-order valence-electron chi connectivity index (χ4n) is 3.93. The van der Waals surface area contributed by atoms with Gasteiger partial charge >= 0.3 is 0 Å². The van der Waals surface area contributed by atoms with Crippen molar-refractivity contribution in [3.8, 4) is 5.75 Å². The van der Waals surface area contributed by atoms with Gasteiger partial charge in [0.05, 0.1) is 18.0 Å². The Bertz CT molecular complexity index is 1110. The van der Waals surface area contributed by atoms with E-state index in [2.05, 4.69) is 24.1 Å². The van der Waals surface area contributed by atoms with Gasteiger partial charge in [-0.2, -0.15) is 0 Å². The Morgan fingerprint density at radius 1 is 0.824 bits per heavy atom. The highest BCUT2D eigenvalue weighted by Gasteiger charge is 2.23. The first-order chi connectivity index (χ1) is 16.5. The molecule has 6 heteroatoms. The topological polar surface area (TPSA) is 61.9 Å². The van der Waals surface area contributed by atoms with Crippen LogP contribution in [-0.4, -0.2) is 49.5 Å². The molecule has 3 aromatic rings. The number of nitrogens with zero attached hydrogens (tertiary/aromatic N) is 2. The molecule has 0 aromatic heterocycles. The van der Waals surface area contributed by atoms with E-state index >= 15 is 0 Å². The third-order valence-corrected chi connectivity index (χ3v) is 5.78. The van der Waals surface area contributed by atoms with Gasteiger partial charge in [-0.3, -0.25) is 9.59 Å². The summed E-state index contributed by atoms with van der Waals surface area (Å²) in [7, 11) is 0. The zero-order valence-electron chi connectivity index (χ0n) is 19.7. The average Bonchev–Trinajstić information content (AvgIpc) is 2.88. The number of nitrogens with one attached hydrogen (secondary N) is 1. The van der Waals surface area contributed by atoms with Crippen molar-refractivity contribution in [2.45, 2.75) is 13.8 Å². The lowest BCUT2D eigenvalue weighted by atomic mass is 10.1. The molecule has 4 rings (SSSR count). The zero-order chi connectivity index (χ0) is 23.9. The first-order valence-corrected chi connectivity index (χ1v) is 11.7. The van der Waals surface area contributed by atoms with E-state index in [1.165, 1.54) is 0 Å². The van der Waals surface area contributed by atoms with E-state index in [4.69, 9.17) is 4.74 Å². The Morgan fingerprint density at radius 3 is 2.15 bits per heavy atom. The predicted octanol–water partition coefficient (Wildman–Crippen LogP) is 4.94. The molecule has 0 spiro atoms. The number of piperazine rings is 1. The van der Waals surface area contributed by atoms with Crippen LogP contribution >= 0.6 is 0 Å². The Morgan fingerprint density at radius 2 is 1.47 bits per heavy atom. The van der Waals surface area contributed by atoms with Crippen LogP contribution in [0.25, 0.3) is 0 Å². The van der Waals surface area contributed by atoms with Crippen LogP contribution in [-0.2, 0) is 0 Å². The molecule has 1 saturated heterocycles. The van der Waals surface area contributed by atoms with Crippen LogP contribution in [0.1, 0.15) is 34.6 Å². The van der Waals surface area contributed by atoms with Crippen molar-refractivity contribution in [2.24, 2.45) is 5.92 Å². The van der Waals surface area contributed by atoms with E-state index in [0.717, 1.165) is 17.1 Å². The fourth-order valence-corrected chi connectivity index (χ4v) is 3.93. The van der Waals surface area contributed by atoms with Crippen molar-refractivity contribution in [2.75, 3.05) is 43.0 Å². The average molecular weight is 458 g/mol. The van der Waals surface area contributed by atoms with E-state index < -0.39 is 0 Å². The molecule has 1 heterocycles. The summed E-state index contributed by atoms with van der Waals surface area (Å²) < 4.78 is 5.71. The Labute approximate surface area is 201 Å². The van der Waals surface area contributed by atoms with Gasteiger partial charge in [0.2, 0.25) is 0 Å². The molecule has 0 aliphatic carbocycles. The molecular weight excluding hydrogens is 426 g/mol. The normalized spacial score (nSPS) is 13.6. The molecule has 0 bridgehead atoms. The molecular formula is C28H31N3O3. The van der Waals surface area contributed by atoms with E-state index in [0.29, 0.717) is 49.8 Å². The molecule has 1 N–H and O–H groups in total. The lowest BCUT2D eigenvalue weighted by Gasteiger charge is -2.37. The lowest BCUT2D eigenvalue weighted by Crippen LogP contribution is -2.49. The monoisotopic (exact) mass is 457 g/mol. The second-order valence-corrected chi connectivity index (χ2v) is 8.85. The summed E-state index contributed by atoms with van der Waals surface area (Å²) in [6.45, 7) is 7.51. The van der Waals surface area contributed by atoms with Gasteiger partial charge in [-0.05, 0) is 54.4 Å². The molecule has 176 valence electrons. The third kappa shape index (κ3) is 5.76. The minimum Gasteiger partial charge on any atom is -0.493 e. The largest absolute Gasteiger partial charge is 0.493 e. The number of hydrogen-bond acceptors (Lipinski definition) is 4.